The summed E-state index contributed by atoms with van der Waals surface area (Å²) < 4.78 is 22.9. The van der Waals surface area contributed by atoms with Gasteiger partial charge in [-0.05, 0) is 30.9 Å². The second-order valence-electron chi connectivity index (χ2n) is 8.76. The Balaban J connectivity index is 1.68. The summed E-state index contributed by atoms with van der Waals surface area (Å²) in [5.74, 6) is 1.51. The van der Waals surface area contributed by atoms with Crippen LogP contribution in [0.2, 0.25) is 0 Å². The minimum atomic E-state index is -0.466. The third-order valence-corrected chi connectivity index (χ3v) is 6.11. The second-order valence-corrected chi connectivity index (χ2v) is 8.76. The Hall–Kier alpha value is -2.36. The Bertz CT molecular complexity index is 713. The van der Waals surface area contributed by atoms with E-state index in [1.807, 2.05) is 38.1 Å². The van der Waals surface area contributed by atoms with Gasteiger partial charge in [0.1, 0.15) is 13.2 Å². The molecule has 0 fully saturated rings. The first-order valence-corrected chi connectivity index (χ1v) is 12.8. The highest BCUT2D eigenvalue weighted by Crippen LogP contribution is 2.26. The fourth-order valence-corrected chi connectivity index (χ4v) is 3.60. The van der Waals surface area contributed by atoms with E-state index < -0.39 is 6.04 Å². The van der Waals surface area contributed by atoms with Crippen LogP contribution in [0.4, 0.5) is 0 Å². The van der Waals surface area contributed by atoms with Gasteiger partial charge >= 0.3 is 0 Å². The van der Waals surface area contributed by atoms with Gasteiger partial charge in [-0.2, -0.15) is 0 Å². The summed E-state index contributed by atoms with van der Waals surface area (Å²) in [6.45, 7) is 8.16. The van der Waals surface area contributed by atoms with Crippen LogP contribution in [0, 0.1) is 5.92 Å². The Labute approximate surface area is 209 Å². The maximum Gasteiger partial charge on any atom is 0.237 e. The number of amides is 2. The Kier molecular flexibility index (Phi) is 14.1. The number of benzene rings is 1. The van der Waals surface area contributed by atoms with Crippen LogP contribution >= 0.6 is 0 Å². The number of nitrogens with zero attached hydrogens (tertiary/aromatic N) is 1. The van der Waals surface area contributed by atoms with E-state index in [0.717, 1.165) is 25.7 Å². The summed E-state index contributed by atoms with van der Waals surface area (Å²) in [6, 6.07) is 7.06. The average molecular weight is 494 g/mol. The van der Waals surface area contributed by atoms with Crippen molar-refractivity contribution >= 4 is 11.8 Å². The number of unbranched alkanes of at least 4 members (excludes halogenated alkanes) is 2. The molecule has 0 saturated heterocycles. The molecule has 9 nitrogen and oxygen atoms in total. The van der Waals surface area contributed by atoms with Crippen molar-refractivity contribution in [3.8, 4) is 11.5 Å². The highest BCUT2D eigenvalue weighted by atomic mass is 16.6. The third kappa shape index (κ3) is 11.3. The van der Waals surface area contributed by atoms with E-state index in [1.54, 1.807) is 4.90 Å². The number of carbonyl (C=O) groups excluding carboxylic acids is 2. The highest BCUT2D eigenvalue weighted by Gasteiger charge is 2.18. The van der Waals surface area contributed by atoms with E-state index in [2.05, 4.69) is 5.32 Å². The lowest BCUT2D eigenvalue weighted by Crippen LogP contribution is -2.44. The van der Waals surface area contributed by atoms with Gasteiger partial charge in [0, 0.05) is 26.1 Å². The smallest absolute Gasteiger partial charge is 0.237 e. The van der Waals surface area contributed by atoms with Crippen molar-refractivity contribution in [2.75, 3.05) is 59.3 Å². The molecule has 1 heterocycles. The zero-order chi connectivity index (χ0) is 25.3. The van der Waals surface area contributed by atoms with Gasteiger partial charge in [-0.3, -0.25) is 9.59 Å². The van der Waals surface area contributed by atoms with Gasteiger partial charge in [-0.25, -0.2) is 0 Å². The molecule has 2 amide bonds. The largest absolute Gasteiger partial charge is 0.487 e. The maximum atomic E-state index is 12.8. The molecule has 0 spiro atoms. The van der Waals surface area contributed by atoms with Crippen molar-refractivity contribution in [1.82, 2.24) is 10.2 Å². The minimum Gasteiger partial charge on any atom is -0.487 e. The van der Waals surface area contributed by atoms with Crippen molar-refractivity contribution in [3.63, 3.8) is 0 Å². The molecule has 2 rings (SSSR count). The first kappa shape index (κ1) is 28.9. The van der Waals surface area contributed by atoms with Crippen molar-refractivity contribution in [2.45, 2.75) is 52.0 Å². The number of para-hydroxylation sites is 2. The molecule has 9 heteroatoms. The fraction of sp³-hybridized carbons (Fsp3) is 0.692. The summed E-state index contributed by atoms with van der Waals surface area (Å²) in [5.41, 5.74) is 5.95. The van der Waals surface area contributed by atoms with Crippen molar-refractivity contribution in [3.05, 3.63) is 24.3 Å². The van der Waals surface area contributed by atoms with Crippen LogP contribution in [-0.4, -0.2) is 82.0 Å². The molecular weight excluding hydrogens is 450 g/mol. The molecule has 1 aromatic carbocycles. The number of nitrogens with one attached hydrogen (secondary N) is 1. The van der Waals surface area contributed by atoms with E-state index in [-0.39, 0.29) is 17.7 Å². The molecule has 1 aromatic rings. The van der Waals surface area contributed by atoms with Crippen LogP contribution < -0.4 is 20.5 Å². The number of nitrogens with two attached hydrogens (primary N) is 1. The monoisotopic (exact) mass is 493 g/mol. The van der Waals surface area contributed by atoms with Gasteiger partial charge in [0.15, 0.2) is 11.5 Å². The van der Waals surface area contributed by atoms with Crippen LogP contribution in [0.15, 0.2) is 24.3 Å². The topological polar surface area (TPSA) is 112 Å². The quantitative estimate of drug-likeness (QED) is 0.508. The molecule has 0 aromatic heterocycles. The molecule has 1 aliphatic heterocycles. The highest BCUT2D eigenvalue weighted by molar-refractivity contribution is 5.81. The van der Waals surface area contributed by atoms with Crippen molar-refractivity contribution < 1.29 is 28.5 Å². The molecule has 0 unspecified atom stereocenters. The zero-order valence-electron chi connectivity index (χ0n) is 21.3. The number of rotatable bonds is 9. The van der Waals surface area contributed by atoms with Crippen molar-refractivity contribution in [2.24, 2.45) is 11.7 Å². The summed E-state index contributed by atoms with van der Waals surface area (Å²) in [7, 11) is 0. The minimum absolute atomic E-state index is 0.0873. The molecule has 198 valence electrons. The molecule has 35 heavy (non-hydrogen) atoms. The van der Waals surface area contributed by atoms with Crippen LogP contribution in [0.1, 0.15) is 46.0 Å². The third-order valence-electron chi connectivity index (χ3n) is 6.11. The molecule has 1 aliphatic rings. The lowest BCUT2D eigenvalue weighted by atomic mass is 9.99. The fourth-order valence-electron chi connectivity index (χ4n) is 3.60. The van der Waals surface area contributed by atoms with Gasteiger partial charge in [-0.1, -0.05) is 38.8 Å². The average Bonchev–Trinajstić information content (AvgIpc) is 2.88. The summed E-state index contributed by atoms with van der Waals surface area (Å²) in [4.78, 5) is 26.6. The number of hydrogen-bond donors (Lipinski definition) is 2. The van der Waals surface area contributed by atoms with Crippen LogP contribution in [-0.2, 0) is 19.1 Å². The molecule has 2 atom stereocenters. The van der Waals surface area contributed by atoms with Crippen LogP contribution in [0.25, 0.3) is 0 Å². The molecule has 3 N–H and O–H groups in total. The Morgan fingerprint density at radius 2 is 1.54 bits per heavy atom. The first-order chi connectivity index (χ1) is 17.0. The zero-order valence-corrected chi connectivity index (χ0v) is 21.3. The van der Waals surface area contributed by atoms with E-state index in [9.17, 15) is 9.59 Å². The summed E-state index contributed by atoms with van der Waals surface area (Å²) in [5, 5.41) is 2.90. The van der Waals surface area contributed by atoms with Crippen LogP contribution in [0.3, 0.4) is 0 Å². The Morgan fingerprint density at radius 3 is 2.11 bits per heavy atom. The number of carbonyl (C=O) groups is 2. The van der Waals surface area contributed by atoms with E-state index in [4.69, 9.17) is 24.7 Å². The van der Waals surface area contributed by atoms with Gasteiger partial charge in [0.05, 0.1) is 32.5 Å². The summed E-state index contributed by atoms with van der Waals surface area (Å²) >= 11 is 0. The van der Waals surface area contributed by atoms with E-state index in [1.165, 1.54) is 0 Å². The molecule has 0 saturated carbocycles. The van der Waals surface area contributed by atoms with Crippen LogP contribution in [0.5, 0.6) is 11.5 Å². The van der Waals surface area contributed by atoms with E-state index >= 15 is 0 Å². The predicted octanol–water partition coefficient (Wildman–Crippen LogP) is 2.37. The summed E-state index contributed by atoms with van der Waals surface area (Å²) in [6.07, 6.45) is 3.78. The van der Waals surface area contributed by atoms with Gasteiger partial charge in [-0.15, -0.1) is 0 Å². The lowest BCUT2D eigenvalue weighted by Gasteiger charge is -2.23. The lowest BCUT2D eigenvalue weighted by molar-refractivity contribution is -0.133. The second kappa shape index (κ2) is 17.1. The Morgan fingerprint density at radius 1 is 0.943 bits per heavy atom. The van der Waals surface area contributed by atoms with Gasteiger partial charge in [0.2, 0.25) is 11.8 Å². The molecule has 0 bridgehead atoms. The van der Waals surface area contributed by atoms with E-state index in [0.29, 0.717) is 77.2 Å². The van der Waals surface area contributed by atoms with Crippen molar-refractivity contribution in [1.29, 1.82) is 0 Å². The standard InChI is InChI=1S/C26H43N3O6/c1-3-21(2)25(27)26(31)28-12-8-4-5-11-24(30)29-13-15-32-17-19-34-22-9-6-7-10-23(22)35-20-18-33-16-14-29/h6-7,9-10,21,25H,3-5,8,11-20,27H2,1-2H3,(H,28,31)/t21-,25-/m0/s1. The molecule has 0 radical (unpaired) electrons. The number of hydrogen-bond acceptors (Lipinski definition) is 7. The number of ether oxygens (including phenoxy) is 4. The molecule has 0 aliphatic carbocycles. The molecular formula is C26H43N3O6. The predicted molar refractivity (Wildman–Crippen MR) is 135 cm³/mol. The SMILES string of the molecule is CC[C@H](C)[C@H](N)C(=O)NCCCCCC(=O)N1CCOCCOc2ccccc2OCCOCC1. The number of fused-ring (bicyclic) bond motifs is 1. The normalized spacial score (nSPS) is 17.5. The van der Waals surface area contributed by atoms with Gasteiger partial charge < -0.3 is 34.9 Å². The van der Waals surface area contributed by atoms with Gasteiger partial charge in [0.25, 0.3) is 0 Å². The first-order valence-electron chi connectivity index (χ1n) is 12.8. The maximum absolute atomic E-state index is 12.8.